The largest absolute Gasteiger partial charge is 0.441 e. The van der Waals surface area contributed by atoms with Crippen LogP contribution in [0, 0.1) is 17.0 Å². The van der Waals surface area contributed by atoms with Gasteiger partial charge in [-0.15, -0.1) is 0 Å². The number of nitrogens with zero attached hydrogens (tertiary/aromatic N) is 3. The van der Waals surface area contributed by atoms with Crippen LogP contribution in [0.15, 0.2) is 40.8 Å². The van der Waals surface area contributed by atoms with Gasteiger partial charge in [0.15, 0.2) is 11.5 Å². The Morgan fingerprint density at radius 3 is 2.68 bits per heavy atom. The van der Waals surface area contributed by atoms with Crippen molar-refractivity contribution in [2.45, 2.75) is 6.92 Å². The maximum atomic E-state index is 12.4. The van der Waals surface area contributed by atoms with Crippen LogP contribution in [0.2, 0.25) is 0 Å². The van der Waals surface area contributed by atoms with Crippen molar-refractivity contribution in [2.24, 2.45) is 0 Å². The van der Waals surface area contributed by atoms with Gasteiger partial charge < -0.3 is 14.6 Å². The van der Waals surface area contributed by atoms with Gasteiger partial charge in [-0.3, -0.25) is 14.9 Å². The standard InChI is InChI=1S/C17H16N4O4/c1-10-18-13-9-12(5-7-16(13)25-10)19-17(22)11-4-6-14(20(2)3)15(8-11)21(23)24/h4-9H,1-3H3,(H,19,22). The minimum Gasteiger partial charge on any atom is -0.441 e. The third kappa shape index (κ3) is 3.27. The highest BCUT2D eigenvalue weighted by Crippen LogP contribution is 2.28. The maximum absolute atomic E-state index is 12.4. The summed E-state index contributed by atoms with van der Waals surface area (Å²) in [6, 6.07) is 9.46. The first kappa shape index (κ1) is 16.4. The van der Waals surface area contributed by atoms with Crippen LogP contribution in [0.1, 0.15) is 16.2 Å². The van der Waals surface area contributed by atoms with Gasteiger partial charge in [-0.2, -0.15) is 0 Å². The van der Waals surface area contributed by atoms with Gasteiger partial charge >= 0.3 is 0 Å². The molecule has 0 fully saturated rings. The van der Waals surface area contributed by atoms with Crippen molar-refractivity contribution in [1.82, 2.24) is 4.98 Å². The van der Waals surface area contributed by atoms with Crippen molar-refractivity contribution in [3.63, 3.8) is 0 Å². The molecule has 0 aliphatic rings. The quantitative estimate of drug-likeness (QED) is 0.577. The molecule has 3 rings (SSSR count). The molecule has 2 aromatic carbocycles. The SMILES string of the molecule is Cc1nc2cc(NC(=O)c3ccc(N(C)C)c([N+](=O)[O-])c3)ccc2o1. The van der Waals surface area contributed by atoms with Crippen molar-refractivity contribution >= 4 is 34.1 Å². The van der Waals surface area contributed by atoms with Crippen LogP contribution in [-0.2, 0) is 0 Å². The van der Waals surface area contributed by atoms with Gasteiger partial charge in [-0.05, 0) is 30.3 Å². The van der Waals surface area contributed by atoms with Crippen LogP contribution >= 0.6 is 0 Å². The van der Waals surface area contributed by atoms with E-state index in [9.17, 15) is 14.9 Å². The second-order valence-electron chi connectivity index (χ2n) is 5.72. The molecule has 1 amide bonds. The fourth-order valence-electron chi connectivity index (χ4n) is 2.51. The first-order chi connectivity index (χ1) is 11.8. The average molecular weight is 340 g/mol. The second-order valence-corrected chi connectivity index (χ2v) is 5.72. The van der Waals surface area contributed by atoms with E-state index in [0.717, 1.165) is 0 Å². The van der Waals surface area contributed by atoms with Crippen LogP contribution in [0.4, 0.5) is 17.1 Å². The zero-order chi connectivity index (χ0) is 18.1. The fraction of sp³-hybridized carbons (Fsp3) is 0.176. The molecule has 1 N–H and O–H groups in total. The molecule has 0 bridgehead atoms. The Hall–Kier alpha value is -3.42. The van der Waals surface area contributed by atoms with Gasteiger partial charge in [0.1, 0.15) is 11.2 Å². The van der Waals surface area contributed by atoms with Gasteiger partial charge in [-0.25, -0.2) is 4.98 Å². The van der Waals surface area contributed by atoms with E-state index in [-0.39, 0.29) is 11.3 Å². The molecule has 0 radical (unpaired) electrons. The number of aryl methyl sites for hydroxylation is 1. The number of anilines is 2. The molecule has 3 aromatic rings. The Labute approximate surface area is 143 Å². The molecule has 0 spiro atoms. The first-order valence-electron chi connectivity index (χ1n) is 7.49. The van der Waals surface area contributed by atoms with Crippen LogP contribution < -0.4 is 10.2 Å². The molecular formula is C17H16N4O4. The van der Waals surface area contributed by atoms with E-state index in [2.05, 4.69) is 10.3 Å². The van der Waals surface area contributed by atoms with Gasteiger partial charge in [0.05, 0.1) is 4.92 Å². The number of nitro groups is 1. The normalized spacial score (nSPS) is 10.7. The van der Waals surface area contributed by atoms with E-state index in [1.165, 1.54) is 6.07 Å². The number of benzene rings is 2. The summed E-state index contributed by atoms with van der Waals surface area (Å²) in [5.74, 6) is 0.0985. The van der Waals surface area contributed by atoms with Crippen LogP contribution in [0.25, 0.3) is 11.1 Å². The Balaban J connectivity index is 1.89. The number of hydrogen-bond acceptors (Lipinski definition) is 6. The summed E-state index contributed by atoms with van der Waals surface area (Å²) in [7, 11) is 3.41. The summed E-state index contributed by atoms with van der Waals surface area (Å²) in [6.07, 6.45) is 0. The van der Waals surface area contributed by atoms with Crippen molar-refractivity contribution in [3.05, 3.63) is 58.0 Å². The molecule has 0 saturated carbocycles. The van der Waals surface area contributed by atoms with Crippen molar-refractivity contribution in [2.75, 3.05) is 24.3 Å². The van der Waals surface area contributed by atoms with Crippen molar-refractivity contribution in [1.29, 1.82) is 0 Å². The van der Waals surface area contributed by atoms with Gasteiger partial charge in [0.25, 0.3) is 11.6 Å². The number of carbonyl (C=O) groups excluding carboxylic acids is 1. The summed E-state index contributed by atoms with van der Waals surface area (Å²) < 4.78 is 5.39. The van der Waals surface area contributed by atoms with E-state index < -0.39 is 10.8 Å². The zero-order valence-corrected chi connectivity index (χ0v) is 13.9. The molecule has 8 heteroatoms. The third-order valence-electron chi connectivity index (χ3n) is 3.67. The first-order valence-corrected chi connectivity index (χ1v) is 7.49. The summed E-state index contributed by atoms with van der Waals surface area (Å²) in [5, 5.41) is 14.0. The molecule has 0 saturated heterocycles. The predicted octanol–water partition coefficient (Wildman–Crippen LogP) is 3.36. The highest BCUT2D eigenvalue weighted by atomic mass is 16.6. The number of nitro benzene ring substituents is 1. The topological polar surface area (TPSA) is 102 Å². The number of aromatic nitrogens is 1. The van der Waals surface area contributed by atoms with Crippen LogP contribution in [-0.4, -0.2) is 29.9 Å². The lowest BCUT2D eigenvalue weighted by Crippen LogP contribution is -2.15. The van der Waals surface area contributed by atoms with Gasteiger partial charge in [0.2, 0.25) is 0 Å². The molecule has 0 unspecified atom stereocenters. The Kier molecular flexibility index (Phi) is 4.10. The minimum atomic E-state index is -0.504. The lowest BCUT2D eigenvalue weighted by atomic mass is 10.1. The minimum absolute atomic E-state index is 0.125. The Morgan fingerprint density at radius 1 is 1.24 bits per heavy atom. The third-order valence-corrected chi connectivity index (χ3v) is 3.67. The van der Waals surface area contributed by atoms with Crippen molar-refractivity contribution < 1.29 is 14.1 Å². The fourth-order valence-corrected chi connectivity index (χ4v) is 2.51. The highest BCUT2D eigenvalue weighted by Gasteiger charge is 2.19. The molecule has 0 atom stereocenters. The number of hydrogen-bond donors (Lipinski definition) is 1. The van der Waals surface area contributed by atoms with Crippen LogP contribution in [0.3, 0.4) is 0 Å². The monoisotopic (exact) mass is 340 g/mol. The Bertz CT molecular complexity index is 978. The van der Waals surface area contributed by atoms with Gasteiger partial charge in [0, 0.05) is 38.3 Å². The second kappa shape index (κ2) is 6.23. The molecular weight excluding hydrogens is 324 g/mol. The Morgan fingerprint density at radius 2 is 2.00 bits per heavy atom. The number of nitrogens with one attached hydrogen (secondary N) is 1. The zero-order valence-electron chi connectivity index (χ0n) is 13.9. The van der Waals surface area contributed by atoms with Gasteiger partial charge in [-0.1, -0.05) is 0 Å². The molecule has 8 nitrogen and oxygen atoms in total. The van der Waals surface area contributed by atoms with Crippen molar-refractivity contribution in [3.8, 4) is 0 Å². The number of oxazole rings is 1. The molecule has 1 heterocycles. The molecule has 0 aliphatic carbocycles. The lowest BCUT2D eigenvalue weighted by molar-refractivity contribution is -0.384. The summed E-state index contributed by atoms with van der Waals surface area (Å²) in [4.78, 5) is 29.0. The number of fused-ring (bicyclic) bond motifs is 1. The molecule has 1 aromatic heterocycles. The molecule has 0 aliphatic heterocycles. The number of amides is 1. The van der Waals surface area contributed by atoms with E-state index >= 15 is 0 Å². The average Bonchev–Trinajstić information content (AvgIpc) is 2.93. The smallest absolute Gasteiger partial charge is 0.293 e. The highest BCUT2D eigenvalue weighted by molar-refractivity contribution is 6.05. The molecule has 25 heavy (non-hydrogen) atoms. The van der Waals surface area contributed by atoms with E-state index in [4.69, 9.17) is 4.42 Å². The van der Waals surface area contributed by atoms with E-state index in [0.29, 0.717) is 28.4 Å². The summed E-state index contributed by atoms with van der Waals surface area (Å²) in [6.45, 7) is 1.74. The van der Waals surface area contributed by atoms with E-state index in [1.54, 1.807) is 56.3 Å². The summed E-state index contributed by atoms with van der Waals surface area (Å²) >= 11 is 0. The number of carbonyl (C=O) groups is 1. The predicted molar refractivity (Wildman–Crippen MR) is 94.1 cm³/mol. The van der Waals surface area contributed by atoms with Crippen LogP contribution in [0.5, 0.6) is 0 Å². The maximum Gasteiger partial charge on any atom is 0.293 e. The molecule has 128 valence electrons. The summed E-state index contributed by atoms with van der Waals surface area (Å²) in [5.41, 5.74) is 2.30. The van der Waals surface area contributed by atoms with E-state index in [1.807, 2.05) is 0 Å². The lowest BCUT2D eigenvalue weighted by Gasteiger charge is -2.13. The number of rotatable bonds is 4.